The Labute approximate surface area is 224 Å². The average Bonchev–Trinajstić information content (AvgIpc) is 3.30. The lowest BCUT2D eigenvalue weighted by Gasteiger charge is -2.14. The number of aromatic nitrogens is 3. The summed E-state index contributed by atoms with van der Waals surface area (Å²) >= 11 is 6.38. The minimum atomic E-state index is -0.672. The van der Waals surface area contributed by atoms with Gasteiger partial charge in [0.25, 0.3) is 5.91 Å². The van der Waals surface area contributed by atoms with E-state index in [0.717, 1.165) is 11.4 Å². The van der Waals surface area contributed by atoms with Gasteiger partial charge in [-0.05, 0) is 36.4 Å². The van der Waals surface area contributed by atoms with Crippen molar-refractivity contribution in [1.29, 1.82) is 0 Å². The van der Waals surface area contributed by atoms with Gasteiger partial charge in [0.1, 0.15) is 28.8 Å². The quantitative estimate of drug-likeness (QED) is 0.276. The molecule has 10 nitrogen and oxygen atoms in total. The number of halogens is 1. The summed E-state index contributed by atoms with van der Waals surface area (Å²) in [6.07, 6.45) is 1.41. The highest BCUT2D eigenvalue weighted by Gasteiger charge is 2.22. The predicted molar refractivity (Wildman–Crippen MR) is 146 cm³/mol. The van der Waals surface area contributed by atoms with Crippen molar-refractivity contribution in [2.24, 2.45) is 5.73 Å². The fourth-order valence-electron chi connectivity index (χ4n) is 3.45. The number of hydrogen-bond donors (Lipinski definition) is 3. The van der Waals surface area contributed by atoms with E-state index in [1.54, 1.807) is 36.1 Å². The molecule has 2 aromatic heterocycles. The summed E-state index contributed by atoms with van der Waals surface area (Å²) in [6.45, 7) is 6.13. The first-order chi connectivity index (χ1) is 18.0. The van der Waals surface area contributed by atoms with Crippen LogP contribution < -0.4 is 25.8 Å². The van der Waals surface area contributed by atoms with Crippen molar-refractivity contribution in [2.45, 2.75) is 26.2 Å². The molecule has 4 aromatic rings. The monoisotopic (exact) mass is 534 g/mol. The van der Waals surface area contributed by atoms with Crippen molar-refractivity contribution in [2.75, 3.05) is 17.7 Å². The molecule has 0 bridgehead atoms. The summed E-state index contributed by atoms with van der Waals surface area (Å²) < 4.78 is 12.7. The maximum Gasteiger partial charge on any atom is 0.324 e. The number of benzene rings is 2. The number of carbonyl (C=O) groups is 2. The van der Waals surface area contributed by atoms with Crippen LogP contribution in [0.5, 0.6) is 17.2 Å². The number of nitrogens with one attached hydrogen (secondary N) is 2. The zero-order valence-electron chi connectivity index (χ0n) is 21.3. The van der Waals surface area contributed by atoms with Gasteiger partial charge in [-0.15, -0.1) is 0 Å². The Morgan fingerprint density at radius 2 is 1.79 bits per heavy atom. The highest BCUT2D eigenvalue weighted by atomic mass is 35.5. The lowest BCUT2D eigenvalue weighted by molar-refractivity contribution is 0.0995. The van der Waals surface area contributed by atoms with Gasteiger partial charge in [0.2, 0.25) is 0 Å². The molecule has 3 amide bonds. The number of ether oxygens (including phenoxy) is 2. The molecule has 2 aromatic carbocycles. The lowest BCUT2D eigenvalue weighted by Crippen LogP contribution is -2.21. The molecule has 4 rings (SSSR count). The highest BCUT2D eigenvalue weighted by Crippen LogP contribution is 2.32. The van der Waals surface area contributed by atoms with Crippen LogP contribution in [0.25, 0.3) is 5.69 Å². The van der Waals surface area contributed by atoms with Gasteiger partial charge < -0.3 is 20.5 Å². The number of carbonyl (C=O) groups excluding carboxylic acids is 2. The van der Waals surface area contributed by atoms with Crippen LogP contribution in [-0.2, 0) is 5.41 Å². The normalized spacial score (nSPS) is 11.1. The Balaban J connectivity index is 1.52. The average molecular weight is 535 g/mol. The fourth-order valence-corrected chi connectivity index (χ4v) is 3.67. The molecule has 196 valence electrons. The molecule has 0 aliphatic carbocycles. The lowest BCUT2D eigenvalue weighted by atomic mass is 9.92. The van der Waals surface area contributed by atoms with Crippen LogP contribution >= 0.6 is 11.6 Å². The van der Waals surface area contributed by atoms with Gasteiger partial charge in [0, 0.05) is 35.5 Å². The molecule has 0 radical (unpaired) electrons. The Morgan fingerprint density at radius 3 is 2.47 bits per heavy atom. The van der Waals surface area contributed by atoms with Crippen molar-refractivity contribution in [3.63, 3.8) is 0 Å². The van der Waals surface area contributed by atoms with Gasteiger partial charge >= 0.3 is 6.03 Å². The third-order valence-electron chi connectivity index (χ3n) is 5.42. The van der Waals surface area contributed by atoms with Crippen LogP contribution in [-0.4, -0.2) is 33.8 Å². The maximum absolute atomic E-state index is 12.9. The van der Waals surface area contributed by atoms with Crippen molar-refractivity contribution in [3.8, 4) is 22.9 Å². The molecule has 2 heterocycles. The van der Waals surface area contributed by atoms with Gasteiger partial charge in [-0.25, -0.2) is 9.48 Å². The third-order valence-corrected chi connectivity index (χ3v) is 5.71. The molecule has 11 heteroatoms. The minimum absolute atomic E-state index is 0.0661. The number of pyridine rings is 1. The van der Waals surface area contributed by atoms with E-state index in [4.69, 9.17) is 31.9 Å². The van der Waals surface area contributed by atoms with Crippen LogP contribution in [0, 0.1) is 0 Å². The largest absolute Gasteiger partial charge is 0.497 e. The number of amides is 3. The predicted octanol–water partition coefficient (Wildman–Crippen LogP) is 5.76. The molecule has 0 aliphatic heterocycles. The first-order valence-corrected chi connectivity index (χ1v) is 12.0. The number of rotatable bonds is 7. The minimum Gasteiger partial charge on any atom is -0.497 e. The zero-order valence-corrected chi connectivity index (χ0v) is 22.0. The van der Waals surface area contributed by atoms with Crippen molar-refractivity contribution < 1.29 is 19.1 Å². The number of urea groups is 1. The fraction of sp³-hybridized carbons (Fsp3) is 0.185. The number of nitrogens with two attached hydrogens (primary N) is 1. The second-order valence-corrected chi connectivity index (χ2v) is 9.75. The van der Waals surface area contributed by atoms with E-state index in [2.05, 4.69) is 15.6 Å². The van der Waals surface area contributed by atoms with E-state index < -0.39 is 11.9 Å². The second-order valence-electron chi connectivity index (χ2n) is 9.35. The van der Waals surface area contributed by atoms with E-state index in [1.807, 2.05) is 51.1 Å². The summed E-state index contributed by atoms with van der Waals surface area (Å²) in [4.78, 5) is 28.2. The maximum atomic E-state index is 12.9. The molecule has 0 fully saturated rings. The second kappa shape index (κ2) is 10.8. The number of hydrogen-bond acceptors (Lipinski definition) is 6. The summed E-state index contributed by atoms with van der Waals surface area (Å²) in [6, 6.07) is 16.5. The van der Waals surface area contributed by atoms with Gasteiger partial charge in [-0.3, -0.25) is 15.1 Å². The molecule has 0 unspecified atom stereocenters. The number of methoxy groups -OCH3 is 1. The van der Waals surface area contributed by atoms with Crippen molar-refractivity contribution in [3.05, 3.63) is 83.3 Å². The molecule has 0 spiro atoms. The van der Waals surface area contributed by atoms with Gasteiger partial charge in [-0.2, -0.15) is 5.10 Å². The van der Waals surface area contributed by atoms with E-state index >= 15 is 0 Å². The summed E-state index contributed by atoms with van der Waals surface area (Å²) in [7, 11) is 1.59. The standard InChI is InChI=1S/C27H27ClN6O4/c1-27(2,3)23-15-24(34(33-23)17-6-5-7-18(13-17)37-4)32-26(36)31-16-8-9-22(20(28)12-16)38-19-10-11-30-21(14-19)25(29)35/h5-15H,1-4H3,(H2,29,35)(H2,31,32,36). The van der Waals surface area contributed by atoms with Gasteiger partial charge in [0.05, 0.1) is 23.5 Å². The van der Waals surface area contributed by atoms with Crippen LogP contribution in [0.1, 0.15) is 37.0 Å². The van der Waals surface area contributed by atoms with Crippen LogP contribution in [0.3, 0.4) is 0 Å². The number of nitrogens with zero attached hydrogens (tertiary/aromatic N) is 3. The Morgan fingerprint density at radius 1 is 1.00 bits per heavy atom. The first kappa shape index (κ1) is 26.5. The molecular formula is C27H27ClN6O4. The summed E-state index contributed by atoms with van der Waals surface area (Å²) in [5, 5.41) is 10.6. The number of primary amides is 1. The third kappa shape index (κ3) is 6.22. The summed E-state index contributed by atoms with van der Waals surface area (Å²) in [5.41, 5.74) is 7.06. The van der Waals surface area contributed by atoms with Gasteiger partial charge in [0.15, 0.2) is 0 Å². The van der Waals surface area contributed by atoms with E-state index in [1.165, 1.54) is 12.3 Å². The molecule has 4 N–H and O–H groups in total. The topological polar surface area (TPSA) is 133 Å². The van der Waals surface area contributed by atoms with Gasteiger partial charge in [-0.1, -0.05) is 38.4 Å². The molecule has 0 saturated heterocycles. The first-order valence-electron chi connectivity index (χ1n) is 11.6. The van der Waals surface area contributed by atoms with Crippen LogP contribution in [0.2, 0.25) is 5.02 Å². The van der Waals surface area contributed by atoms with E-state index in [-0.39, 0.29) is 16.1 Å². The SMILES string of the molecule is COc1cccc(-n2nc(C(C)(C)C)cc2NC(=O)Nc2ccc(Oc3ccnc(C(N)=O)c3)c(Cl)c2)c1. The molecule has 38 heavy (non-hydrogen) atoms. The highest BCUT2D eigenvalue weighted by molar-refractivity contribution is 6.32. The Bertz CT molecular complexity index is 1500. The Hall–Kier alpha value is -4.57. The van der Waals surface area contributed by atoms with E-state index in [9.17, 15) is 9.59 Å². The molecule has 0 aliphatic rings. The van der Waals surface area contributed by atoms with Crippen molar-refractivity contribution in [1.82, 2.24) is 14.8 Å². The van der Waals surface area contributed by atoms with Crippen LogP contribution in [0.4, 0.5) is 16.3 Å². The molecular weight excluding hydrogens is 508 g/mol. The molecule has 0 saturated carbocycles. The number of anilines is 2. The Kier molecular flexibility index (Phi) is 7.54. The van der Waals surface area contributed by atoms with Crippen molar-refractivity contribution >= 4 is 35.0 Å². The van der Waals surface area contributed by atoms with E-state index in [0.29, 0.717) is 28.8 Å². The molecule has 0 atom stereocenters. The zero-order chi connectivity index (χ0) is 27.4. The van der Waals surface area contributed by atoms with Crippen LogP contribution in [0.15, 0.2) is 66.9 Å². The summed E-state index contributed by atoms with van der Waals surface area (Å²) in [5.74, 6) is 1.14. The smallest absolute Gasteiger partial charge is 0.324 e.